The van der Waals surface area contributed by atoms with Crippen LogP contribution < -0.4 is 5.32 Å². The van der Waals surface area contributed by atoms with Gasteiger partial charge in [-0.25, -0.2) is 0 Å². The molecule has 2 saturated heterocycles. The molecule has 2 aliphatic rings. The average molecular weight is 267 g/mol. The molecule has 0 aromatic heterocycles. The molecular weight excluding hydrogens is 234 g/mol. The Kier molecular flexibility index (Phi) is 6.62. The Morgan fingerprint density at radius 1 is 1.11 bits per heavy atom. The first-order chi connectivity index (χ1) is 9.24. The van der Waals surface area contributed by atoms with Crippen LogP contribution in [-0.2, 0) is 0 Å². The van der Waals surface area contributed by atoms with E-state index in [1.54, 1.807) is 0 Å². The van der Waals surface area contributed by atoms with Crippen LogP contribution in [0.25, 0.3) is 0 Å². The molecule has 2 rings (SSSR count). The van der Waals surface area contributed by atoms with Gasteiger partial charge < -0.3 is 15.1 Å². The van der Waals surface area contributed by atoms with Crippen LogP contribution in [0.15, 0.2) is 0 Å². The Bertz CT molecular complexity index is 238. The predicted molar refractivity (Wildman–Crippen MR) is 82.5 cm³/mol. The maximum atomic E-state index is 3.52. The molecule has 0 aromatic rings. The van der Waals surface area contributed by atoms with Crippen LogP contribution >= 0.6 is 0 Å². The molecule has 19 heavy (non-hydrogen) atoms. The van der Waals surface area contributed by atoms with Crippen LogP contribution in [0.2, 0.25) is 0 Å². The monoisotopic (exact) mass is 267 g/mol. The van der Waals surface area contributed by atoms with E-state index in [4.69, 9.17) is 0 Å². The summed E-state index contributed by atoms with van der Waals surface area (Å²) in [5.41, 5.74) is 0. The molecule has 0 bridgehead atoms. The third kappa shape index (κ3) is 5.80. The maximum Gasteiger partial charge on any atom is 0.000709 e. The van der Waals surface area contributed by atoms with Crippen molar-refractivity contribution in [3.05, 3.63) is 0 Å². The molecule has 112 valence electrons. The zero-order valence-corrected chi connectivity index (χ0v) is 13.0. The second-order valence-electron chi connectivity index (χ2n) is 6.86. The summed E-state index contributed by atoms with van der Waals surface area (Å²) in [6.45, 7) is 7.69. The summed E-state index contributed by atoms with van der Waals surface area (Å²) in [7, 11) is 4.58. The van der Waals surface area contributed by atoms with Gasteiger partial charge in [-0.1, -0.05) is 0 Å². The predicted octanol–water partition coefficient (Wildman–Crippen LogP) is 2.04. The van der Waals surface area contributed by atoms with Crippen molar-refractivity contribution in [2.24, 2.45) is 11.8 Å². The number of piperidine rings is 2. The first-order valence-electron chi connectivity index (χ1n) is 8.32. The number of likely N-dealkylation sites (tertiary alicyclic amines) is 1. The van der Waals surface area contributed by atoms with Crippen molar-refractivity contribution in [3.63, 3.8) is 0 Å². The lowest BCUT2D eigenvalue weighted by Gasteiger charge is -2.31. The molecule has 2 fully saturated rings. The smallest absolute Gasteiger partial charge is 0.000709 e. The van der Waals surface area contributed by atoms with Crippen LogP contribution in [0, 0.1) is 11.8 Å². The Morgan fingerprint density at radius 3 is 2.53 bits per heavy atom. The Labute approximate surface area is 119 Å². The van der Waals surface area contributed by atoms with E-state index in [1.807, 2.05) is 0 Å². The van der Waals surface area contributed by atoms with Crippen LogP contribution in [0.4, 0.5) is 0 Å². The van der Waals surface area contributed by atoms with E-state index >= 15 is 0 Å². The Balaban J connectivity index is 1.54. The van der Waals surface area contributed by atoms with Crippen molar-refractivity contribution in [2.45, 2.75) is 38.5 Å². The molecule has 2 unspecified atom stereocenters. The largest absolute Gasteiger partial charge is 0.316 e. The highest BCUT2D eigenvalue weighted by atomic mass is 15.1. The fourth-order valence-electron chi connectivity index (χ4n) is 3.60. The van der Waals surface area contributed by atoms with E-state index in [2.05, 4.69) is 29.2 Å². The molecule has 2 heterocycles. The normalized spacial score (nSPS) is 29.8. The number of rotatable bonds is 6. The van der Waals surface area contributed by atoms with Gasteiger partial charge in [0.05, 0.1) is 0 Å². The van der Waals surface area contributed by atoms with Crippen molar-refractivity contribution < 1.29 is 0 Å². The third-order valence-electron chi connectivity index (χ3n) is 4.96. The molecule has 2 atom stereocenters. The summed E-state index contributed by atoms with van der Waals surface area (Å²) in [6, 6.07) is 0. The number of hydrogen-bond acceptors (Lipinski definition) is 3. The summed E-state index contributed by atoms with van der Waals surface area (Å²) in [4.78, 5) is 5.06. The fraction of sp³-hybridized carbons (Fsp3) is 1.00. The fourth-order valence-corrected chi connectivity index (χ4v) is 3.60. The van der Waals surface area contributed by atoms with E-state index in [-0.39, 0.29) is 0 Å². The molecule has 2 aliphatic heterocycles. The lowest BCUT2D eigenvalue weighted by Crippen LogP contribution is -2.35. The van der Waals surface area contributed by atoms with Gasteiger partial charge >= 0.3 is 0 Å². The van der Waals surface area contributed by atoms with Crippen LogP contribution in [0.3, 0.4) is 0 Å². The molecule has 0 aliphatic carbocycles. The minimum absolute atomic E-state index is 0.928. The molecule has 0 amide bonds. The maximum absolute atomic E-state index is 3.52. The summed E-state index contributed by atoms with van der Waals surface area (Å²) in [5, 5.41) is 3.52. The number of nitrogens with one attached hydrogen (secondary N) is 1. The van der Waals surface area contributed by atoms with Crippen molar-refractivity contribution in [3.8, 4) is 0 Å². The third-order valence-corrected chi connectivity index (χ3v) is 4.96. The van der Waals surface area contributed by atoms with E-state index < -0.39 is 0 Å². The molecule has 0 spiro atoms. The Morgan fingerprint density at radius 2 is 1.84 bits per heavy atom. The van der Waals surface area contributed by atoms with Crippen LogP contribution in [-0.4, -0.2) is 63.2 Å². The second kappa shape index (κ2) is 8.23. The summed E-state index contributed by atoms with van der Waals surface area (Å²) in [6.07, 6.45) is 8.44. The van der Waals surface area contributed by atoms with E-state index in [1.165, 1.54) is 77.8 Å². The lowest BCUT2D eigenvalue weighted by atomic mass is 9.94. The van der Waals surface area contributed by atoms with Gasteiger partial charge in [0.25, 0.3) is 0 Å². The molecule has 0 aromatic carbocycles. The number of nitrogens with zero attached hydrogens (tertiary/aromatic N) is 2. The first kappa shape index (κ1) is 15.3. The zero-order valence-electron chi connectivity index (χ0n) is 13.0. The van der Waals surface area contributed by atoms with Gasteiger partial charge in [-0.2, -0.15) is 0 Å². The molecule has 1 N–H and O–H groups in total. The van der Waals surface area contributed by atoms with Gasteiger partial charge in [-0.15, -0.1) is 0 Å². The van der Waals surface area contributed by atoms with Crippen LogP contribution in [0.1, 0.15) is 38.5 Å². The topological polar surface area (TPSA) is 18.5 Å². The molecular formula is C16H33N3. The van der Waals surface area contributed by atoms with Crippen LogP contribution in [0.5, 0.6) is 0 Å². The first-order valence-corrected chi connectivity index (χ1v) is 8.32. The highest BCUT2D eigenvalue weighted by molar-refractivity contribution is 4.73. The zero-order chi connectivity index (χ0) is 13.5. The number of hydrogen-bond donors (Lipinski definition) is 1. The van der Waals surface area contributed by atoms with Gasteiger partial charge in [0.2, 0.25) is 0 Å². The van der Waals surface area contributed by atoms with Crippen molar-refractivity contribution in [2.75, 3.05) is 53.4 Å². The van der Waals surface area contributed by atoms with E-state index in [9.17, 15) is 0 Å². The van der Waals surface area contributed by atoms with Gasteiger partial charge in [0.1, 0.15) is 0 Å². The highest BCUT2D eigenvalue weighted by Gasteiger charge is 2.18. The summed E-state index contributed by atoms with van der Waals surface area (Å²) < 4.78 is 0. The molecule has 3 nitrogen and oxygen atoms in total. The molecule has 0 saturated carbocycles. The second-order valence-corrected chi connectivity index (χ2v) is 6.86. The Hall–Kier alpha value is -0.120. The molecule has 3 heteroatoms. The van der Waals surface area contributed by atoms with Gasteiger partial charge in [-0.3, -0.25) is 0 Å². The van der Waals surface area contributed by atoms with Gasteiger partial charge in [0, 0.05) is 6.54 Å². The van der Waals surface area contributed by atoms with Gasteiger partial charge in [-0.05, 0) is 97.2 Å². The standard InChI is InChI=1S/C16H33N3/c1-18(11-7-15-5-3-9-17-13-15)12-8-16-6-4-10-19(2)14-16/h15-17H,3-14H2,1-2H3. The van der Waals surface area contributed by atoms with Gasteiger partial charge in [0.15, 0.2) is 0 Å². The van der Waals surface area contributed by atoms with Crippen molar-refractivity contribution in [1.82, 2.24) is 15.1 Å². The average Bonchev–Trinajstić information content (AvgIpc) is 2.44. The lowest BCUT2D eigenvalue weighted by molar-refractivity contribution is 0.182. The van der Waals surface area contributed by atoms with E-state index in [0.29, 0.717) is 0 Å². The van der Waals surface area contributed by atoms with E-state index in [0.717, 1.165) is 11.8 Å². The quantitative estimate of drug-likeness (QED) is 0.794. The summed E-state index contributed by atoms with van der Waals surface area (Å²) in [5.74, 6) is 1.87. The summed E-state index contributed by atoms with van der Waals surface area (Å²) >= 11 is 0. The molecule has 0 radical (unpaired) electrons. The highest BCUT2D eigenvalue weighted by Crippen LogP contribution is 2.19. The minimum Gasteiger partial charge on any atom is -0.316 e. The van der Waals surface area contributed by atoms with Crippen molar-refractivity contribution in [1.29, 1.82) is 0 Å². The minimum atomic E-state index is 0.928. The SMILES string of the molecule is CN(CCC1CCCNC1)CCC1CCCN(C)C1. The van der Waals surface area contributed by atoms with Crippen molar-refractivity contribution >= 4 is 0 Å².